The lowest BCUT2D eigenvalue weighted by molar-refractivity contribution is 0.184. The predicted octanol–water partition coefficient (Wildman–Crippen LogP) is 2.15. The van der Waals surface area contributed by atoms with Gasteiger partial charge in [-0.1, -0.05) is 35.6 Å². The summed E-state index contributed by atoms with van der Waals surface area (Å²) in [6, 6.07) is 8.20. The molecule has 0 amide bonds. The molecule has 2 aromatic rings. The summed E-state index contributed by atoms with van der Waals surface area (Å²) in [6.07, 6.45) is 2.63. The van der Waals surface area contributed by atoms with Crippen molar-refractivity contribution in [1.82, 2.24) is 4.98 Å². The van der Waals surface area contributed by atoms with Crippen LogP contribution in [0.3, 0.4) is 0 Å². The lowest BCUT2D eigenvalue weighted by Gasteiger charge is -2.15. The molecule has 0 bridgehead atoms. The fourth-order valence-corrected chi connectivity index (χ4v) is 2.64. The van der Waals surface area contributed by atoms with E-state index in [0.717, 1.165) is 6.42 Å². The Morgan fingerprint density at radius 3 is 3.00 bits per heavy atom. The average molecular weight is 232 g/mol. The number of benzene rings is 1. The minimum atomic E-state index is -0.0416. The topological polar surface area (TPSA) is 48.1 Å². The van der Waals surface area contributed by atoms with Crippen molar-refractivity contribution in [2.75, 3.05) is 0 Å². The van der Waals surface area contributed by atoms with Gasteiger partial charge in [-0.3, -0.25) is 0 Å². The van der Waals surface area contributed by atoms with E-state index in [1.165, 1.54) is 22.5 Å². The van der Waals surface area contributed by atoms with E-state index in [1.807, 2.05) is 17.5 Å². The summed E-state index contributed by atoms with van der Waals surface area (Å²) in [4.78, 5) is 4.12. The third kappa shape index (κ3) is 1.60. The SMILES string of the molecule is NC1c2ccccc2CC1Oc1nccs1. The van der Waals surface area contributed by atoms with Crippen LogP contribution in [0.1, 0.15) is 17.2 Å². The summed E-state index contributed by atoms with van der Waals surface area (Å²) in [6.45, 7) is 0. The molecule has 3 rings (SSSR count). The maximum atomic E-state index is 6.16. The average Bonchev–Trinajstić information content (AvgIpc) is 2.90. The van der Waals surface area contributed by atoms with Gasteiger partial charge in [0.15, 0.2) is 0 Å². The lowest BCUT2D eigenvalue weighted by atomic mass is 10.1. The molecule has 1 aliphatic carbocycles. The van der Waals surface area contributed by atoms with Gasteiger partial charge in [-0.2, -0.15) is 0 Å². The van der Waals surface area contributed by atoms with Crippen LogP contribution in [0.5, 0.6) is 5.19 Å². The zero-order chi connectivity index (χ0) is 11.0. The normalized spacial score (nSPS) is 23.1. The van der Waals surface area contributed by atoms with E-state index in [-0.39, 0.29) is 12.1 Å². The summed E-state index contributed by atoms with van der Waals surface area (Å²) in [7, 11) is 0. The van der Waals surface area contributed by atoms with Crippen molar-refractivity contribution in [1.29, 1.82) is 0 Å². The first-order chi connectivity index (χ1) is 7.84. The van der Waals surface area contributed by atoms with E-state index in [9.17, 15) is 0 Å². The molecule has 1 aliphatic rings. The van der Waals surface area contributed by atoms with Gasteiger partial charge in [0.2, 0.25) is 0 Å². The number of hydrogen-bond donors (Lipinski definition) is 1. The number of rotatable bonds is 2. The van der Waals surface area contributed by atoms with Crippen molar-refractivity contribution in [3.05, 3.63) is 47.0 Å². The summed E-state index contributed by atoms with van der Waals surface area (Å²) < 4.78 is 5.79. The van der Waals surface area contributed by atoms with Gasteiger partial charge in [-0.15, -0.1) is 0 Å². The van der Waals surface area contributed by atoms with E-state index < -0.39 is 0 Å². The van der Waals surface area contributed by atoms with Gasteiger partial charge in [0.1, 0.15) is 6.10 Å². The number of thiazole rings is 1. The highest BCUT2D eigenvalue weighted by molar-refractivity contribution is 7.11. The maximum absolute atomic E-state index is 6.16. The molecule has 3 nitrogen and oxygen atoms in total. The Balaban J connectivity index is 1.82. The predicted molar refractivity (Wildman–Crippen MR) is 63.6 cm³/mol. The first kappa shape index (κ1) is 9.81. The second-order valence-electron chi connectivity index (χ2n) is 3.88. The van der Waals surface area contributed by atoms with Crippen LogP contribution in [0.2, 0.25) is 0 Å². The van der Waals surface area contributed by atoms with Gasteiger partial charge < -0.3 is 10.5 Å². The van der Waals surface area contributed by atoms with Crippen LogP contribution in [0.25, 0.3) is 0 Å². The monoisotopic (exact) mass is 232 g/mol. The fraction of sp³-hybridized carbons (Fsp3) is 0.250. The molecule has 2 unspecified atom stereocenters. The van der Waals surface area contributed by atoms with Gasteiger partial charge in [0, 0.05) is 18.0 Å². The highest BCUT2D eigenvalue weighted by atomic mass is 32.1. The third-order valence-corrected chi connectivity index (χ3v) is 3.56. The quantitative estimate of drug-likeness (QED) is 0.863. The maximum Gasteiger partial charge on any atom is 0.273 e. The minimum Gasteiger partial charge on any atom is -0.464 e. The molecule has 1 heterocycles. The highest BCUT2D eigenvalue weighted by Crippen LogP contribution is 2.32. The molecule has 2 atom stereocenters. The Kier molecular flexibility index (Phi) is 2.38. The highest BCUT2D eigenvalue weighted by Gasteiger charge is 2.31. The van der Waals surface area contributed by atoms with E-state index in [2.05, 4.69) is 17.1 Å². The van der Waals surface area contributed by atoms with Crippen LogP contribution in [-0.2, 0) is 6.42 Å². The minimum absolute atomic E-state index is 0.0172. The Hall–Kier alpha value is -1.39. The van der Waals surface area contributed by atoms with E-state index in [4.69, 9.17) is 10.5 Å². The van der Waals surface area contributed by atoms with Crippen LogP contribution in [0.4, 0.5) is 0 Å². The number of fused-ring (bicyclic) bond motifs is 1. The smallest absolute Gasteiger partial charge is 0.273 e. The molecule has 2 N–H and O–H groups in total. The van der Waals surface area contributed by atoms with Gasteiger partial charge in [-0.25, -0.2) is 4.98 Å². The number of nitrogens with zero attached hydrogens (tertiary/aromatic N) is 1. The van der Waals surface area contributed by atoms with Gasteiger partial charge >= 0.3 is 0 Å². The van der Waals surface area contributed by atoms with Gasteiger partial charge in [0.05, 0.1) is 6.04 Å². The molecule has 0 saturated heterocycles. The largest absolute Gasteiger partial charge is 0.464 e. The molecule has 0 spiro atoms. The molecule has 0 radical (unpaired) electrons. The van der Waals surface area contributed by atoms with E-state index in [0.29, 0.717) is 5.19 Å². The Morgan fingerprint density at radius 2 is 2.25 bits per heavy atom. The standard InChI is InChI=1S/C12H12N2OS/c13-11-9-4-2-1-3-8(9)7-10(11)15-12-14-5-6-16-12/h1-6,10-11H,7,13H2. The van der Waals surface area contributed by atoms with E-state index in [1.54, 1.807) is 6.20 Å². The third-order valence-electron chi connectivity index (χ3n) is 2.90. The number of aromatic nitrogens is 1. The summed E-state index contributed by atoms with van der Waals surface area (Å²) in [5.41, 5.74) is 8.65. The summed E-state index contributed by atoms with van der Waals surface area (Å²) in [5, 5.41) is 2.61. The zero-order valence-electron chi connectivity index (χ0n) is 8.67. The molecule has 0 saturated carbocycles. The number of nitrogens with two attached hydrogens (primary N) is 1. The van der Waals surface area contributed by atoms with Crippen molar-refractivity contribution in [3.8, 4) is 5.19 Å². The zero-order valence-corrected chi connectivity index (χ0v) is 9.48. The molecular formula is C12H12N2OS. The van der Waals surface area contributed by atoms with Crippen LogP contribution in [0.15, 0.2) is 35.8 Å². The van der Waals surface area contributed by atoms with Crippen LogP contribution >= 0.6 is 11.3 Å². The first-order valence-electron chi connectivity index (χ1n) is 5.24. The Labute approximate surface area is 97.9 Å². The molecule has 1 aromatic heterocycles. The first-order valence-corrected chi connectivity index (χ1v) is 6.12. The number of hydrogen-bond acceptors (Lipinski definition) is 4. The molecule has 0 fully saturated rings. The van der Waals surface area contributed by atoms with Crippen molar-refractivity contribution in [2.45, 2.75) is 18.6 Å². The molecule has 0 aliphatic heterocycles. The van der Waals surface area contributed by atoms with E-state index >= 15 is 0 Å². The molecule has 4 heteroatoms. The Bertz CT molecular complexity index is 482. The van der Waals surface area contributed by atoms with Crippen molar-refractivity contribution < 1.29 is 4.74 Å². The summed E-state index contributed by atoms with van der Waals surface area (Å²) >= 11 is 1.50. The van der Waals surface area contributed by atoms with Crippen molar-refractivity contribution >= 4 is 11.3 Å². The van der Waals surface area contributed by atoms with Gasteiger partial charge in [0.25, 0.3) is 5.19 Å². The molecule has 1 aromatic carbocycles. The second kappa shape index (κ2) is 3.88. The fourth-order valence-electron chi connectivity index (χ4n) is 2.10. The van der Waals surface area contributed by atoms with Crippen LogP contribution < -0.4 is 10.5 Å². The van der Waals surface area contributed by atoms with Crippen LogP contribution in [0, 0.1) is 0 Å². The van der Waals surface area contributed by atoms with Gasteiger partial charge in [-0.05, 0) is 11.1 Å². The molecule has 82 valence electrons. The summed E-state index contributed by atoms with van der Waals surface area (Å²) in [5.74, 6) is 0. The molecular weight excluding hydrogens is 220 g/mol. The van der Waals surface area contributed by atoms with Crippen LogP contribution in [-0.4, -0.2) is 11.1 Å². The van der Waals surface area contributed by atoms with Crippen molar-refractivity contribution in [3.63, 3.8) is 0 Å². The lowest BCUT2D eigenvalue weighted by Crippen LogP contribution is -2.27. The Morgan fingerprint density at radius 1 is 1.38 bits per heavy atom. The molecule has 16 heavy (non-hydrogen) atoms. The number of ether oxygens (including phenoxy) is 1. The second-order valence-corrected chi connectivity index (χ2v) is 4.74. The van der Waals surface area contributed by atoms with Crippen molar-refractivity contribution in [2.24, 2.45) is 5.73 Å².